The summed E-state index contributed by atoms with van der Waals surface area (Å²) in [6.45, 7) is 4.58. The molecule has 132 valence electrons. The summed E-state index contributed by atoms with van der Waals surface area (Å²) in [6, 6.07) is 6.79. The monoisotopic (exact) mass is 339 g/mol. The van der Waals surface area contributed by atoms with Crippen LogP contribution < -0.4 is 0 Å². The molecule has 2 atom stereocenters. The Balaban J connectivity index is 1.49. The van der Waals surface area contributed by atoms with Gasteiger partial charge in [0.25, 0.3) is 0 Å². The first-order valence-electron chi connectivity index (χ1n) is 9.04. The van der Waals surface area contributed by atoms with E-state index in [1.165, 1.54) is 5.56 Å². The zero-order valence-corrected chi connectivity index (χ0v) is 14.9. The van der Waals surface area contributed by atoms with E-state index in [4.69, 9.17) is 0 Å². The van der Waals surface area contributed by atoms with Gasteiger partial charge < -0.3 is 4.90 Å². The molecule has 0 aromatic carbocycles. The highest BCUT2D eigenvalue weighted by Crippen LogP contribution is 2.33. The molecule has 0 unspecified atom stereocenters. The minimum absolute atomic E-state index is 0.271. The van der Waals surface area contributed by atoms with Gasteiger partial charge in [0.2, 0.25) is 5.91 Å². The number of pyridine rings is 1. The number of aryl methyl sites for hydroxylation is 2. The third-order valence-corrected chi connectivity index (χ3v) is 5.42. The second-order valence-corrected chi connectivity index (χ2v) is 7.25. The summed E-state index contributed by atoms with van der Waals surface area (Å²) in [6.07, 6.45) is 6.66. The summed E-state index contributed by atoms with van der Waals surface area (Å²) < 4.78 is 1.85. The van der Waals surface area contributed by atoms with E-state index in [2.05, 4.69) is 26.1 Å². The number of fused-ring (bicyclic) bond motifs is 1. The Morgan fingerprint density at radius 3 is 2.84 bits per heavy atom. The second-order valence-electron chi connectivity index (χ2n) is 7.25. The average molecular weight is 339 g/mol. The summed E-state index contributed by atoms with van der Waals surface area (Å²) >= 11 is 0. The molecule has 4 heterocycles. The van der Waals surface area contributed by atoms with Crippen molar-refractivity contribution < 1.29 is 4.79 Å². The van der Waals surface area contributed by atoms with Gasteiger partial charge in [-0.1, -0.05) is 6.07 Å². The lowest BCUT2D eigenvalue weighted by atomic mass is 9.96. The molecule has 6 heteroatoms. The summed E-state index contributed by atoms with van der Waals surface area (Å²) in [5, 5.41) is 4.27. The zero-order chi connectivity index (χ0) is 17.4. The number of hydrogen-bond donors (Lipinski definition) is 0. The number of piperidine rings is 1. The van der Waals surface area contributed by atoms with Gasteiger partial charge in [0, 0.05) is 56.1 Å². The molecule has 0 radical (unpaired) electrons. The van der Waals surface area contributed by atoms with Crippen LogP contribution in [0.2, 0.25) is 0 Å². The number of hydrogen-bond acceptors (Lipinski definition) is 4. The summed E-state index contributed by atoms with van der Waals surface area (Å²) in [7, 11) is 1.95. The first-order chi connectivity index (χ1) is 12.1. The van der Waals surface area contributed by atoms with Gasteiger partial charge in [-0.3, -0.25) is 19.4 Å². The first kappa shape index (κ1) is 16.3. The molecule has 2 saturated heterocycles. The highest BCUT2D eigenvalue weighted by atomic mass is 16.2. The van der Waals surface area contributed by atoms with Gasteiger partial charge >= 0.3 is 0 Å². The van der Waals surface area contributed by atoms with Crippen LogP contribution in [0, 0.1) is 6.92 Å². The number of likely N-dealkylation sites (tertiary alicyclic amines) is 2. The van der Waals surface area contributed by atoms with Crippen LogP contribution in [0.15, 0.2) is 30.6 Å². The van der Waals surface area contributed by atoms with Crippen molar-refractivity contribution in [2.75, 3.05) is 6.54 Å². The summed E-state index contributed by atoms with van der Waals surface area (Å²) in [4.78, 5) is 21.7. The zero-order valence-electron chi connectivity index (χ0n) is 14.9. The van der Waals surface area contributed by atoms with Crippen molar-refractivity contribution in [3.05, 3.63) is 47.5 Å². The van der Waals surface area contributed by atoms with E-state index in [1.807, 2.05) is 43.0 Å². The standard InChI is InChI=1S/C19H25N5O/c1-14-4-3-5-16(21-14)13-24-18-8-9-23(17(18)6-7-19(24)25)12-15-10-20-22(2)11-15/h3-5,10-11,17-18H,6-9,12-13H2,1-2H3/t17-,18-/m1/s1. The molecule has 25 heavy (non-hydrogen) atoms. The van der Waals surface area contributed by atoms with Gasteiger partial charge in [0.15, 0.2) is 0 Å². The maximum absolute atomic E-state index is 12.6. The van der Waals surface area contributed by atoms with Crippen LogP contribution in [-0.4, -0.2) is 49.1 Å². The third kappa shape index (κ3) is 3.31. The van der Waals surface area contributed by atoms with Crippen molar-refractivity contribution in [3.8, 4) is 0 Å². The Kier molecular flexibility index (Phi) is 4.29. The maximum Gasteiger partial charge on any atom is 0.223 e. The van der Waals surface area contributed by atoms with E-state index in [9.17, 15) is 4.79 Å². The van der Waals surface area contributed by atoms with Crippen LogP contribution in [0.25, 0.3) is 0 Å². The molecule has 0 aliphatic carbocycles. The van der Waals surface area contributed by atoms with E-state index in [0.29, 0.717) is 25.0 Å². The average Bonchev–Trinajstić information content (AvgIpc) is 3.17. The Hall–Kier alpha value is -2.21. The number of carbonyl (C=O) groups is 1. The molecule has 6 nitrogen and oxygen atoms in total. The quantitative estimate of drug-likeness (QED) is 0.854. The smallest absolute Gasteiger partial charge is 0.223 e. The van der Waals surface area contributed by atoms with Crippen LogP contribution in [0.5, 0.6) is 0 Å². The number of rotatable bonds is 4. The maximum atomic E-state index is 12.6. The lowest BCUT2D eigenvalue weighted by Crippen LogP contribution is -2.51. The molecule has 4 rings (SSSR count). The Morgan fingerprint density at radius 2 is 2.08 bits per heavy atom. The normalized spacial score (nSPS) is 23.9. The first-order valence-corrected chi connectivity index (χ1v) is 9.04. The molecule has 0 bridgehead atoms. The molecule has 1 amide bonds. The topological polar surface area (TPSA) is 54.3 Å². The van der Waals surface area contributed by atoms with E-state index in [1.54, 1.807) is 0 Å². The lowest BCUT2D eigenvalue weighted by molar-refractivity contribution is -0.138. The molecule has 2 fully saturated rings. The minimum atomic E-state index is 0.271. The predicted octanol–water partition coefficient (Wildman–Crippen LogP) is 1.89. The second kappa shape index (κ2) is 6.59. The van der Waals surface area contributed by atoms with Crippen molar-refractivity contribution >= 4 is 5.91 Å². The van der Waals surface area contributed by atoms with Crippen molar-refractivity contribution in [1.29, 1.82) is 0 Å². The van der Waals surface area contributed by atoms with E-state index in [-0.39, 0.29) is 5.91 Å². The fourth-order valence-electron chi connectivity index (χ4n) is 4.29. The predicted molar refractivity (Wildman–Crippen MR) is 94.6 cm³/mol. The van der Waals surface area contributed by atoms with Crippen molar-refractivity contribution in [2.45, 2.75) is 51.4 Å². The fraction of sp³-hybridized carbons (Fsp3) is 0.526. The van der Waals surface area contributed by atoms with Gasteiger partial charge in [-0.15, -0.1) is 0 Å². The van der Waals surface area contributed by atoms with Crippen molar-refractivity contribution in [1.82, 2.24) is 24.6 Å². The molecule has 2 aromatic heterocycles. The van der Waals surface area contributed by atoms with Crippen LogP contribution in [-0.2, 0) is 24.9 Å². The van der Waals surface area contributed by atoms with Crippen LogP contribution >= 0.6 is 0 Å². The molecule has 2 aromatic rings. The molecule has 0 spiro atoms. The summed E-state index contributed by atoms with van der Waals surface area (Å²) in [5.74, 6) is 0.271. The largest absolute Gasteiger partial charge is 0.332 e. The number of aromatic nitrogens is 3. The Bertz CT molecular complexity index is 771. The number of nitrogens with zero attached hydrogens (tertiary/aromatic N) is 5. The molecule has 2 aliphatic heterocycles. The highest BCUT2D eigenvalue weighted by molar-refractivity contribution is 5.77. The van der Waals surface area contributed by atoms with E-state index in [0.717, 1.165) is 37.3 Å². The minimum Gasteiger partial charge on any atom is -0.332 e. The molecule has 0 saturated carbocycles. The molecular formula is C19H25N5O. The highest BCUT2D eigenvalue weighted by Gasteiger charge is 2.43. The third-order valence-electron chi connectivity index (χ3n) is 5.42. The summed E-state index contributed by atoms with van der Waals surface area (Å²) in [5.41, 5.74) is 3.23. The molecule has 2 aliphatic rings. The fourth-order valence-corrected chi connectivity index (χ4v) is 4.29. The van der Waals surface area contributed by atoms with Crippen LogP contribution in [0.3, 0.4) is 0 Å². The Labute approximate surface area is 148 Å². The van der Waals surface area contributed by atoms with Gasteiger partial charge in [0.1, 0.15) is 0 Å². The van der Waals surface area contributed by atoms with Crippen molar-refractivity contribution in [3.63, 3.8) is 0 Å². The SMILES string of the molecule is Cc1cccc(CN2C(=O)CC[C@@H]3[C@H]2CCN3Cc2cnn(C)c2)n1. The molecule has 0 N–H and O–H groups in total. The number of amides is 1. The van der Waals surface area contributed by atoms with Crippen LogP contribution in [0.4, 0.5) is 0 Å². The van der Waals surface area contributed by atoms with Crippen molar-refractivity contribution in [2.24, 2.45) is 7.05 Å². The van der Waals surface area contributed by atoms with E-state index >= 15 is 0 Å². The van der Waals surface area contributed by atoms with Gasteiger partial charge in [-0.05, 0) is 31.9 Å². The Morgan fingerprint density at radius 1 is 1.20 bits per heavy atom. The number of carbonyl (C=O) groups excluding carboxylic acids is 1. The molecular weight excluding hydrogens is 314 g/mol. The van der Waals surface area contributed by atoms with Gasteiger partial charge in [-0.2, -0.15) is 5.10 Å². The van der Waals surface area contributed by atoms with Gasteiger partial charge in [-0.25, -0.2) is 0 Å². The lowest BCUT2D eigenvalue weighted by Gasteiger charge is -2.39. The van der Waals surface area contributed by atoms with E-state index < -0.39 is 0 Å². The van der Waals surface area contributed by atoms with Crippen LogP contribution in [0.1, 0.15) is 36.2 Å². The van der Waals surface area contributed by atoms with Gasteiger partial charge in [0.05, 0.1) is 18.4 Å².